The molecule has 0 saturated heterocycles. The third-order valence-corrected chi connectivity index (χ3v) is 6.18. The van der Waals surface area contributed by atoms with Gasteiger partial charge in [-0.05, 0) is 30.9 Å². The number of carbonyl (C=O) groups excluding carboxylic acids is 3. The molecular weight excluding hydrogens is 500 g/mol. The summed E-state index contributed by atoms with van der Waals surface area (Å²) in [6, 6.07) is 4.22. The van der Waals surface area contributed by atoms with Crippen molar-refractivity contribution < 1.29 is 29.4 Å². The number of nitrogens with zero attached hydrogens (tertiary/aromatic N) is 1. The summed E-state index contributed by atoms with van der Waals surface area (Å²) >= 11 is 1.48. The number of aromatic nitrogens is 2. The van der Waals surface area contributed by atoms with Gasteiger partial charge in [-0.2, -0.15) is 11.8 Å². The number of carboxylic acids is 1. The van der Waals surface area contributed by atoms with Gasteiger partial charge in [-0.15, -0.1) is 0 Å². The van der Waals surface area contributed by atoms with E-state index >= 15 is 0 Å². The Morgan fingerprint density at radius 3 is 2.24 bits per heavy atom. The van der Waals surface area contributed by atoms with Crippen molar-refractivity contribution in [2.75, 3.05) is 12.0 Å². The largest absolute Gasteiger partial charge is 0.480 e. The van der Waals surface area contributed by atoms with Crippen molar-refractivity contribution in [1.29, 1.82) is 0 Å². The van der Waals surface area contributed by atoms with Crippen molar-refractivity contribution >= 4 is 35.5 Å². The number of nitrogens with two attached hydrogens (primary N) is 1. The number of hydrogen-bond donors (Lipinski definition) is 7. The molecule has 12 nitrogen and oxygen atoms in total. The summed E-state index contributed by atoms with van der Waals surface area (Å²) in [5.41, 5.74) is 7.39. The van der Waals surface area contributed by atoms with Crippen LogP contribution in [0.3, 0.4) is 0 Å². The standard InChI is InChI=1S/C24H34N6O6S/c1-14(31)20(24(35)36)30-23(34)19(10-15-6-4-3-5-7-15)29-22(33)18(8-9-37-2)28-21(32)17(25)11-16-12-26-13-27-16/h3-7,12-14,17-20,31H,8-11,25H2,1-2H3,(H,26,27)(H,28,32)(H,29,33)(H,30,34)(H,35,36). The lowest BCUT2D eigenvalue weighted by Gasteiger charge is -2.26. The normalized spacial score (nSPS) is 15.0. The Morgan fingerprint density at radius 1 is 1.03 bits per heavy atom. The molecule has 2 rings (SSSR count). The smallest absolute Gasteiger partial charge is 0.328 e. The van der Waals surface area contributed by atoms with E-state index in [-0.39, 0.29) is 19.3 Å². The first-order chi connectivity index (χ1) is 17.6. The number of H-pyrrole nitrogens is 1. The summed E-state index contributed by atoms with van der Waals surface area (Å²) in [5.74, 6) is -2.80. The van der Waals surface area contributed by atoms with Crippen LogP contribution in [0.1, 0.15) is 24.6 Å². The molecule has 202 valence electrons. The number of aliphatic carboxylic acids is 1. The molecule has 3 amide bonds. The van der Waals surface area contributed by atoms with Gasteiger partial charge in [-0.3, -0.25) is 14.4 Å². The number of aromatic amines is 1. The fourth-order valence-corrected chi connectivity index (χ4v) is 3.95. The molecule has 0 saturated carbocycles. The summed E-state index contributed by atoms with van der Waals surface area (Å²) in [5, 5.41) is 26.7. The molecule has 8 N–H and O–H groups in total. The van der Waals surface area contributed by atoms with Crippen LogP contribution in [-0.4, -0.2) is 86.2 Å². The highest BCUT2D eigenvalue weighted by Crippen LogP contribution is 2.08. The van der Waals surface area contributed by atoms with Gasteiger partial charge in [0.25, 0.3) is 0 Å². The van der Waals surface area contributed by atoms with Crippen molar-refractivity contribution in [3.63, 3.8) is 0 Å². The minimum Gasteiger partial charge on any atom is -0.480 e. The lowest BCUT2D eigenvalue weighted by Crippen LogP contribution is -2.59. The van der Waals surface area contributed by atoms with Gasteiger partial charge < -0.3 is 36.9 Å². The Hall–Kier alpha value is -3.42. The van der Waals surface area contributed by atoms with Crippen LogP contribution in [0.5, 0.6) is 0 Å². The number of amides is 3. The van der Waals surface area contributed by atoms with E-state index in [9.17, 15) is 29.4 Å². The highest BCUT2D eigenvalue weighted by Gasteiger charge is 2.32. The van der Waals surface area contributed by atoms with Crippen LogP contribution in [0.15, 0.2) is 42.9 Å². The first-order valence-electron chi connectivity index (χ1n) is 11.7. The second kappa shape index (κ2) is 15.0. The Balaban J connectivity index is 2.18. The molecule has 0 spiro atoms. The van der Waals surface area contributed by atoms with Gasteiger partial charge in [0.1, 0.15) is 12.1 Å². The van der Waals surface area contributed by atoms with E-state index in [4.69, 9.17) is 5.73 Å². The molecule has 5 atom stereocenters. The Kier molecular flexibility index (Phi) is 12.1. The molecular formula is C24H34N6O6S. The maximum atomic E-state index is 13.2. The third-order valence-electron chi connectivity index (χ3n) is 5.54. The number of carbonyl (C=O) groups is 4. The molecule has 1 aromatic heterocycles. The molecule has 0 aliphatic rings. The van der Waals surface area contributed by atoms with E-state index in [1.54, 1.807) is 36.5 Å². The molecule has 0 bridgehead atoms. The van der Waals surface area contributed by atoms with Gasteiger partial charge in [0.2, 0.25) is 17.7 Å². The summed E-state index contributed by atoms with van der Waals surface area (Å²) in [7, 11) is 0. The SMILES string of the molecule is CSCCC(NC(=O)C(N)Cc1cnc[nH]1)C(=O)NC(Cc1ccccc1)C(=O)NC(C(=O)O)C(C)O. The first-order valence-corrected chi connectivity index (χ1v) is 13.1. The van der Waals surface area contributed by atoms with Crippen LogP contribution >= 0.6 is 11.8 Å². The maximum absolute atomic E-state index is 13.2. The summed E-state index contributed by atoms with van der Waals surface area (Å²) in [6.45, 7) is 1.24. The van der Waals surface area contributed by atoms with Crippen molar-refractivity contribution in [2.24, 2.45) is 5.73 Å². The second-order valence-electron chi connectivity index (χ2n) is 8.55. The molecule has 1 aromatic carbocycles. The molecule has 0 radical (unpaired) electrons. The zero-order valence-electron chi connectivity index (χ0n) is 20.7. The molecule has 13 heteroatoms. The van der Waals surface area contributed by atoms with E-state index in [0.29, 0.717) is 11.4 Å². The predicted octanol–water partition coefficient (Wildman–Crippen LogP) is -0.805. The number of aliphatic hydroxyl groups excluding tert-OH is 1. The van der Waals surface area contributed by atoms with Crippen LogP contribution < -0.4 is 21.7 Å². The van der Waals surface area contributed by atoms with Crippen molar-refractivity contribution in [3.8, 4) is 0 Å². The van der Waals surface area contributed by atoms with Crippen molar-refractivity contribution in [2.45, 2.75) is 56.5 Å². The minimum atomic E-state index is -1.56. The summed E-state index contributed by atoms with van der Waals surface area (Å²) in [4.78, 5) is 57.2. The van der Waals surface area contributed by atoms with Gasteiger partial charge in [-0.25, -0.2) is 9.78 Å². The molecule has 1 heterocycles. The number of hydrogen-bond acceptors (Lipinski definition) is 8. The van der Waals surface area contributed by atoms with Crippen LogP contribution in [-0.2, 0) is 32.0 Å². The number of imidazole rings is 1. The van der Waals surface area contributed by atoms with E-state index in [0.717, 1.165) is 5.56 Å². The van der Waals surface area contributed by atoms with Crippen LogP contribution in [0.25, 0.3) is 0 Å². The van der Waals surface area contributed by atoms with Crippen molar-refractivity contribution in [3.05, 3.63) is 54.1 Å². The third kappa shape index (κ3) is 9.86. The van der Waals surface area contributed by atoms with E-state index in [1.165, 1.54) is 25.0 Å². The average Bonchev–Trinajstić information content (AvgIpc) is 3.37. The van der Waals surface area contributed by atoms with Gasteiger partial charge in [0.05, 0.1) is 18.5 Å². The topological polar surface area (TPSA) is 200 Å². The Bertz CT molecular complexity index is 1020. The number of aliphatic hydroxyl groups is 1. The number of benzene rings is 1. The molecule has 0 aliphatic carbocycles. The fourth-order valence-electron chi connectivity index (χ4n) is 3.48. The lowest BCUT2D eigenvalue weighted by atomic mass is 10.0. The monoisotopic (exact) mass is 534 g/mol. The molecule has 37 heavy (non-hydrogen) atoms. The minimum absolute atomic E-state index is 0.0626. The second-order valence-corrected chi connectivity index (χ2v) is 9.53. The quantitative estimate of drug-likeness (QED) is 0.153. The zero-order valence-corrected chi connectivity index (χ0v) is 21.5. The average molecular weight is 535 g/mol. The lowest BCUT2D eigenvalue weighted by molar-refractivity contribution is -0.145. The van der Waals surface area contributed by atoms with Crippen LogP contribution in [0.2, 0.25) is 0 Å². The van der Waals surface area contributed by atoms with Gasteiger partial charge in [0.15, 0.2) is 6.04 Å². The predicted molar refractivity (Wildman–Crippen MR) is 139 cm³/mol. The first kappa shape index (κ1) is 29.8. The fraction of sp³-hybridized carbons (Fsp3) is 0.458. The highest BCUT2D eigenvalue weighted by atomic mass is 32.2. The Labute approximate surface area is 219 Å². The van der Waals surface area contributed by atoms with Crippen LogP contribution in [0, 0.1) is 0 Å². The van der Waals surface area contributed by atoms with E-state index < -0.39 is 54.0 Å². The summed E-state index contributed by atoms with van der Waals surface area (Å²) < 4.78 is 0. The highest BCUT2D eigenvalue weighted by molar-refractivity contribution is 7.98. The number of thioether (sulfide) groups is 1. The number of rotatable bonds is 15. The van der Waals surface area contributed by atoms with Crippen molar-refractivity contribution in [1.82, 2.24) is 25.9 Å². The number of nitrogens with one attached hydrogen (secondary N) is 4. The molecule has 0 aliphatic heterocycles. The van der Waals surface area contributed by atoms with Crippen LogP contribution in [0.4, 0.5) is 0 Å². The van der Waals surface area contributed by atoms with Gasteiger partial charge >= 0.3 is 5.97 Å². The van der Waals surface area contributed by atoms with E-state index in [1.807, 2.05) is 6.26 Å². The molecule has 2 aromatic rings. The zero-order chi connectivity index (χ0) is 27.4. The van der Waals surface area contributed by atoms with Gasteiger partial charge in [0, 0.05) is 24.7 Å². The number of carboxylic acid groups (broad SMARTS) is 1. The van der Waals surface area contributed by atoms with Gasteiger partial charge in [-0.1, -0.05) is 30.3 Å². The molecule has 5 unspecified atom stereocenters. The van der Waals surface area contributed by atoms with E-state index in [2.05, 4.69) is 25.9 Å². The molecule has 0 fully saturated rings. The maximum Gasteiger partial charge on any atom is 0.328 e. The Morgan fingerprint density at radius 2 is 1.68 bits per heavy atom. The summed E-state index contributed by atoms with van der Waals surface area (Å²) in [6.07, 6.45) is 4.05.